The normalized spacial score (nSPS) is 23.3. The number of rotatable bonds is 6. The first-order chi connectivity index (χ1) is 14.1. The monoisotopic (exact) mass is 398 g/mol. The predicted octanol–water partition coefficient (Wildman–Crippen LogP) is 0.634. The Labute approximate surface area is 169 Å². The number of likely N-dealkylation sites (tertiary alicyclic amines) is 1. The highest BCUT2D eigenvalue weighted by atomic mass is 16.5. The molecular weight excluding hydrogens is 372 g/mol. The maximum absolute atomic E-state index is 12.7. The van der Waals surface area contributed by atoms with Gasteiger partial charge >= 0.3 is 0 Å². The lowest BCUT2D eigenvalue weighted by Crippen LogP contribution is -2.52. The number of aromatic nitrogens is 2. The molecule has 0 unspecified atom stereocenters. The van der Waals surface area contributed by atoms with Crippen molar-refractivity contribution < 1.29 is 14.6 Å². The van der Waals surface area contributed by atoms with Gasteiger partial charge in [-0.2, -0.15) is 0 Å². The number of fused-ring (bicyclic) bond motifs is 4. The first kappa shape index (κ1) is 19.6. The number of nitrogens with one attached hydrogen (secondary N) is 1. The van der Waals surface area contributed by atoms with Gasteiger partial charge in [-0.25, -0.2) is 4.98 Å². The summed E-state index contributed by atoms with van der Waals surface area (Å²) in [7, 11) is 1.51. The maximum Gasteiger partial charge on any atom is 0.251 e. The van der Waals surface area contributed by atoms with E-state index in [1.54, 1.807) is 24.3 Å². The molecule has 0 radical (unpaired) electrons. The van der Waals surface area contributed by atoms with Crippen LogP contribution in [0.2, 0.25) is 0 Å². The van der Waals surface area contributed by atoms with Gasteiger partial charge in [0, 0.05) is 61.7 Å². The van der Waals surface area contributed by atoms with Gasteiger partial charge in [0.1, 0.15) is 0 Å². The standard InChI is InChI=1S/C21H26N4O4/c1-29-19-10-14(5-6-22-19)21(28)23-11-18-16-9-15(12-24(13-16)7-8-26)17-3-2-4-20(27)25(17)18/h2-6,10,15-16,18,26H,7-9,11-13H2,1H3,(H,23,28)/t15-,16+,18+/m1/s1. The number of methoxy groups -OCH3 is 1. The number of piperidine rings is 1. The molecule has 1 saturated heterocycles. The number of amides is 1. The van der Waals surface area contributed by atoms with Crippen LogP contribution in [0.25, 0.3) is 0 Å². The van der Waals surface area contributed by atoms with Crippen LogP contribution in [0, 0.1) is 5.92 Å². The van der Waals surface area contributed by atoms with E-state index in [0.29, 0.717) is 24.5 Å². The zero-order valence-corrected chi connectivity index (χ0v) is 16.5. The summed E-state index contributed by atoms with van der Waals surface area (Å²) in [4.78, 5) is 31.6. The van der Waals surface area contributed by atoms with Gasteiger partial charge in [-0.1, -0.05) is 6.07 Å². The lowest BCUT2D eigenvalue weighted by molar-refractivity contribution is 0.0730. The van der Waals surface area contributed by atoms with Crippen LogP contribution in [0.5, 0.6) is 5.88 Å². The smallest absolute Gasteiger partial charge is 0.251 e. The summed E-state index contributed by atoms with van der Waals surface area (Å²) in [6, 6.07) is 8.50. The highest BCUT2D eigenvalue weighted by molar-refractivity contribution is 5.94. The second-order valence-corrected chi connectivity index (χ2v) is 7.70. The van der Waals surface area contributed by atoms with Crippen LogP contribution in [-0.2, 0) is 0 Å². The van der Waals surface area contributed by atoms with Crippen molar-refractivity contribution in [2.45, 2.75) is 18.4 Å². The van der Waals surface area contributed by atoms with E-state index in [1.807, 2.05) is 10.6 Å². The molecule has 0 aromatic carbocycles. The summed E-state index contributed by atoms with van der Waals surface area (Å²) in [6.45, 7) is 2.76. The van der Waals surface area contributed by atoms with E-state index in [9.17, 15) is 14.7 Å². The molecule has 29 heavy (non-hydrogen) atoms. The molecule has 0 aliphatic carbocycles. The zero-order chi connectivity index (χ0) is 20.4. The highest BCUT2D eigenvalue weighted by Crippen LogP contribution is 2.40. The fraction of sp³-hybridized carbons (Fsp3) is 0.476. The van der Waals surface area contributed by atoms with Crippen molar-refractivity contribution in [1.29, 1.82) is 0 Å². The molecule has 2 aliphatic heterocycles. The van der Waals surface area contributed by atoms with E-state index in [0.717, 1.165) is 25.2 Å². The summed E-state index contributed by atoms with van der Waals surface area (Å²) in [6.07, 6.45) is 2.52. The largest absolute Gasteiger partial charge is 0.481 e. The van der Waals surface area contributed by atoms with Gasteiger partial charge in [0.15, 0.2) is 0 Å². The fourth-order valence-electron chi connectivity index (χ4n) is 4.68. The quantitative estimate of drug-likeness (QED) is 0.741. The number of ether oxygens (including phenoxy) is 1. The summed E-state index contributed by atoms with van der Waals surface area (Å²) in [5.41, 5.74) is 1.45. The van der Waals surface area contributed by atoms with Gasteiger partial charge in [0.2, 0.25) is 5.88 Å². The molecule has 2 bridgehead atoms. The second kappa shape index (κ2) is 8.34. The number of aliphatic hydroxyl groups is 1. The zero-order valence-electron chi connectivity index (χ0n) is 16.5. The van der Waals surface area contributed by atoms with Gasteiger partial charge in [0.25, 0.3) is 11.5 Å². The molecule has 1 amide bonds. The lowest BCUT2D eigenvalue weighted by Gasteiger charge is -2.47. The van der Waals surface area contributed by atoms with E-state index in [2.05, 4.69) is 15.2 Å². The molecule has 2 aliphatic rings. The van der Waals surface area contributed by atoms with Crippen LogP contribution in [0.4, 0.5) is 0 Å². The highest BCUT2D eigenvalue weighted by Gasteiger charge is 2.40. The number of carbonyl (C=O) groups excluding carboxylic acids is 1. The molecule has 4 heterocycles. The molecule has 1 fully saturated rings. The Kier molecular flexibility index (Phi) is 5.64. The lowest BCUT2D eigenvalue weighted by atomic mass is 9.78. The minimum Gasteiger partial charge on any atom is -0.481 e. The second-order valence-electron chi connectivity index (χ2n) is 7.70. The van der Waals surface area contributed by atoms with Crippen LogP contribution in [-0.4, -0.2) is 65.4 Å². The predicted molar refractivity (Wildman–Crippen MR) is 107 cm³/mol. The summed E-state index contributed by atoms with van der Waals surface area (Å²) < 4.78 is 6.95. The number of carbonyl (C=O) groups is 1. The summed E-state index contributed by atoms with van der Waals surface area (Å²) >= 11 is 0. The van der Waals surface area contributed by atoms with E-state index >= 15 is 0 Å². The van der Waals surface area contributed by atoms with E-state index in [4.69, 9.17) is 4.74 Å². The molecule has 3 atom stereocenters. The Morgan fingerprint density at radius 3 is 3.00 bits per heavy atom. The van der Waals surface area contributed by atoms with Crippen LogP contribution >= 0.6 is 0 Å². The third-order valence-corrected chi connectivity index (χ3v) is 5.97. The van der Waals surface area contributed by atoms with Crippen molar-refractivity contribution in [2.75, 3.05) is 39.9 Å². The Bertz CT molecular complexity index is 944. The number of hydrogen-bond acceptors (Lipinski definition) is 6. The molecule has 2 aromatic rings. The Hall–Kier alpha value is -2.71. The minimum absolute atomic E-state index is 0.0300. The van der Waals surface area contributed by atoms with E-state index < -0.39 is 0 Å². The maximum atomic E-state index is 12.7. The molecule has 2 N–H and O–H groups in total. The van der Waals surface area contributed by atoms with Crippen LogP contribution < -0.4 is 15.6 Å². The van der Waals surface area contributed by atoms with Gasteiger partial charge < -0.3 is 24.6 Å². The van der Waals surface area contributed by atoms with Crippen molar-refractivity contribution in [1.82, 2.24) is 19.8 Å². The van der Waals surface area contributed by atoms with Crippen molar-refractivity contribution >= 4 is 5.91 Å². The molecular formula is C21H26N4O4. The van der Waals surface area contributed by atoms with Gasteiger partial charge in [0.05, 0.1) is 19.8 Å². The topological polar surface area (TPSA) is 96.7 Å². The number of pyridine rings is 2. The van der Waals surface area contributed by atoms with Crippen molar-refractivity contribution in [2.24, 2.45) is 5.92 Å². The van der Waals surface area contributed by atoms with Gasteiger partial charge in [-0.05, 0) is 24.5 Å². The Morgan fingerprint density at radius 1 is 1.34 bits per heavy atom. The first-order valence-electron chi connectivity index (χ1n) is 9.93. The van der Waals surface area contributed by atoms with Crippen molar-refractivity contribution in [3.8, 4) is 5.88 Å². The van der Waals surface area contributed by atoms with Crippen LogP contribution in [0.1, 0.15) is 34.4 Å². The third-order valence-electron chi connectivity index (χ3n) is 5.97. The number of hydrogen-bond donors (Lipinski definition) is 2. The molecule has 8 heteroatoms. The number of β-amino-alcohol motifs (C(OH)–C–C–N with tert-alkyl or cyclic N) is 1. The van der Waals surface area contributed by atoms with E-state index in [-0.39, 0.29) is 36.0 Å². The van der Waals surface area contributed by atoms with Crippen molar-refractivity contribution in [3.05, 3.63) is 58.1 Å². The summed E-state index contributed by atoms with van der Waals surface area (Å²) in [5.74, 6) is 0.666. The molecule has 154 valence electrons. The Balaban J connectivity index is 1.57. The van der Waals surface area contributed by atoms with Gasteiger partial charge in [-0.3, -0.25) is 9.59 Å². The Morgan fingerprint density at radius 2 is 2.21 bits per heavy atom. The number of aliphatic hydroxyl groups excluding tert-OH is 1. The van der Waals surface area contributed by atoms with Crippen molar-refractivity contribution in [3.63, 3.8) is 0 Å². The fourth-order valence-corrected chi connectivity index (χ4v) is 4.68. The average molecular weight is 398 g/mol. The van der Waals surface area contributed by atoms with Gasteiger partial charge in [-0.15, -0.1) is 0 Å². The molecule has 0 saturated carbocycles. The molecule has 0 spiro atoms. The van der Waals surface area contributed by atoms with Crippen LogP contribution in [0.3, 0.4) is 0 Å². The molecule has 4 rings (SSSR count). The van der Waals surface area contributed by atoms with Crippen LogP contribution in [0.15, 0.2) is 41.3 Å². The molecule has 2 aromatic heterocycles. The van der Waals surface area contributed by atoms with E-state index in [1.165, 1.54) is 13.3 Å². The third kappa shape index (κ3) is 3.90. The summed E-state index contributed by atoms with van der Waals surface area (Å²) in [5, 5.41) is 12.4. The number of nitrogens with zero attached hydrogens (tertiary/aromatic N) is 3. The first-order valence-corrected chi connectivity index (χ1v) is 9.93. The minimum atomic E-state index is -0.221. The average Bonchev–Trinajstić information content (AvgIpc) is 2.74. The SMILES string of the molecule is COc1cc(C(=O)NC[C@H]2[C@H]3C[C@H](CN(CCO)C3)c3cccc(=O)n32)ccn1. The molecule has 8 nitrogen and oxygen atoms in total.